The number of hydrogen-bond acceptors (Lipinski definition) is 3. The second-order valence-electron chi connectivity index (χ2n) is 4.78. The third-order valence-corrected chi connectivity index (χ3v) is 3.71. The van der Waals surface area contributed by atoms with Gasteiger partial charge in [0.05, 0.1) is 12.2 Å². The zero-order chi connectivity index (χ0) is 14.8. The third-order valence-electron chi connectivity index (χ3n) is 3.19. The van der Waals surface area contributed by atoms with Gasteiger partial charge in [0.15, 0.2) is 0 Å². The maximum absolute atomic E-state index is 12.0. The van der Waals surface area contributed by atoms with Crippen molar-refractivity contribution < 1.29 is 4.42 Å². The smallest absolute Gasteiger partial charge is 0.253 e. The molecule has 2 aromatic heterocycles. The topological polar surface area (TPSA) is 48.0 Å². The van der Waals surface area contributed by atoms with Gasteiger partial charge < -0.3 is 8.98 Å². The Hall–Kier alpha value is -2.14. The molecule has 0 aliphatic heterocycles. The van der Waals surface area contributed by atoms with Crippen LogP contribution in [0.25, 0.3) is 11.5 Å². The van der Waals surface area contributed by atoms with Crippen LogP contribution in [0.1, 0.15) is 11.3 Å². The first kappa shape index (κ1) is 13.8. The number of nitrogens with zero attached hydrogens (tertiary/aromatic N) is 2. The third kappa shape index (κ3) is 2.97. The monoisotopic (exact) mass is 344 g/mol. The summed E-state index contributed by atoms with van der Waals surface area (Å²) in [6.07, 6.45) is 3.34. The molecule has 0 saturated carbocycles. The van der Waals surface area contributed by atoms with E-state index in [1.54, 1.807) is 30.0 Å². The molecule has 4 nitrogen and oxygen atoms in total. The Morgan fingerprint density at radius 3 is 2.76 bits per heavy atom. The van der Waals surface area contributed by atoms with Crippen molar-refractivity contribution in [2.24, 2.45) is 0 Å². The van der Waals surface area contributed by atoms with Gasteiger partial charge in [0.1, 0.15) is 6.26 Å². The highest BCUT2D eigenvalue weighted by Gasteiger charge is 2.08. The predicted octanol–water partition coefficient (Wildman–Crippen LogP) is 3.62. The summed E-state index contributed by atoms with van der Waals surface area (Å²) in [7, 11) is 0. The van der Waals surface area contributed by atoms with Crippen LogP contribution in [0.5, 0.6) is 0 Å². The van der Waals surface area contributed by atoms with Gasteiger partial charge in [0.25, 0.3) is 5.56 Å². The highest BCUT2D eigenvalue weighted by Crippen LogP contribution is 2.21. The fourth-order valence-electron chi connectivity index (χ4n) is 2.06. The van der Waals surface area contributed by atoms with Crippen molar-refractivity contribution in [1.29, 1.82) is 0 Å². The van der Waals surface area contributed by atoms with Crippen molar-refractivity contribution in [1.82, 2.24) is 9.55 Å². The van der Waals surface area contributed by atoms with E-state index in [2.05, 4.69) is 20.9 Å². The van der Waals surface area contributed by atoms with Gasteiger partial charge in [-0.15, -0.1) is 0 Å². The van der Waals surface area contributed by atoms with E-state index in [9.17, 15) is 4.79 Å². The quantitative estimate of drug-likeness (QED) is 0.728. The molecule has 5 heteroatoms. The Kier molecular flexibility index (Phi) is 3.75. The number of halogens is 1. The van der Waals surface area contributed by atoms with E-state index in [0.717, 1.165) is 15.7 Å². The predicted molar refractivity (Wildman–Crippen MR) is 84.2 cm³/mol. The van der Waals surface area contributed by atoms with E-state index >= 15 is 0 Å². The number of pyridine rings is 1. The normalized spacial score (nSPS) is 10.8. The van der Waals surface area contributed by atoms with Gasteiger partial charge in [-0.1, -0.05) is 22.0 Å². The van der Waals surface area contributed by atoms with Crippen molar-refractivity contribution in [3.63, 3.8) is 0 Å². The van der Waals surface area contributed by atoms with Crippen LogP contribution in [0.15, 0.2) is 62.5 Å². The van der Waals surface area contributed by atoms with Gasteiger partial charge in [-0.2, -0.15) is 0 Å². The van der Waals surface area contributed by atoms with Crippen molar-refractivity contribution in [2.75, 3.05) is 0 Å². The van der Waals surface area contributed by atoms with Crippen LogP contribution in [-0.2, 0) is 6.54 Å². The number of hydrogen-bond donors (Lipinski definition) is 0. The van der Waals surface area contributed by atoms with Crippen LogP contribution >= 0.6 is 15.9 Å². The summed E-state index contributed by atoms with van der Waals surface area (Å²) in [6.45, 7) is 2.20. The largest absolute Gasteiger partial charge is 0.444 e. The van der Waals surface area contributed by atoms with Crippen LogP contribution in [0, 0.1) is 6.92 Å². The lowest BCUT2D eigenvalue weighted by Crippen LogP contribution is -2.21. The lowest BCUT2D eigenvalue weighted by Gasteiger charge is -2.03. The lowest BCUT2D eigenvalue weighted by molar-refractivity contribution is 0.571. The van der Waals surface area contributed by atoms with Crippen molar-refractivity contribution >= 4 is 15.9 Å². The molecule has 106 valence electrons. The molecule has 0 aliphatic carbocycles. The van der Waals surface area contributed by atoms with E-state index in [1.165, 1.54) is 0 Å². The van der Waals surface area contributed by atoms with E-state index in [4.69, 9.17) is 4.42 Å². The molecule has 1 aromatic carbocycles. The molecule has 0 bridgehead atoms. The molecule has 0 amide bonds. The maximum atomic E-state index is 12.0. The molecule has 0 aliphatic rings. The molecule has 0 unspecified atom stereocenters. The number of benzene rings is 1. The van der Waals surface area contributed by atoms with Gasteiger partial charge in [0, 0.05) is 21.8 Å². The van der Waals surface area contributed by atoms with E-state index in [1.807, 2.05) is 30.3 Å². The second-order valence-corrected chi connectivity index (χ2v) is 5.69. The molecule has 0 N–H and O–H groups in total. The molecule has 3 aromatic rings. The van der Waals surface area contributed by atoms with Crippen LogP contribution in [0.4, 0.5) is 0 Å². The number of rotatable bonds is 3. The average molecular weight is 345 g/mol. The first-order chi connectivity index (χ1) is 10.1. The molecular weight excluding hydrogens is 332 g/mol. The van der Waals surface area contributed by atoms with Crippen molar-refractivity contribution in [3.05, 3.63) is 74.9 Å². The summed E-state index contributed by atoms with van der Waals surface area (Å²) in [5.41, 5.74) is 2.33. The SMILES string of the molecule is Cc1cccn(Cc2coc(-c3ccc(Br)cc3)n2)c1=O. The zero-order valence-electron chi connectivity index (χ0n) is 11.4. The Balaban J connectivity index is 1.87. The number of oxazole rings is 1. The molecule has 21 heavy (non-hydrogen) atoms. The maximum Gasteiger partial charge on any atom is 0.253 e. The number of aryl methyl sites for hydroxylation is 1. The standard InChI is InChI=1S/C16H13BrN2O2/c1-11-3-2-8-19(16(11)20)9-14-10-21-15(18-14)12-4-6-13(17)7-5-12/h2-8,10H,9H2,1H3. The Morgan fingerprint density at radius 2 is 2.00 bits per heavy atom. The summed E-state index contributed by atoms with van der Waals surface area (Å²) >= 11 is 3.39. The van der Waals surface area contributed by atoms with Crippen LogP contribution in [0.2, 0.25) is 0 Å². The molecule has 0 radical (unpaired) electrons. The van der Waals surface area contributed by atoms with Crippen molar-refractivity contribution in [2.45, 2.75) is 13.5 Å². The molecular formula is C16H13BrN2O2. The fourth-order valence-corrected chi connectivity index (χ4v) is 2.32. The van der Waals surface area contributed by atoms with Crippen LogP contribution < -0.4 is 5.56 Å². The highest BCUT2D eigenvalue weighted by atomic mass is 79.9. The minimum absolute atomic E-state index is 0.00862. The van der Waals surface area contributed by atoms with Gasteiger partial charge in [-0.25, -0.2) is 4.98 Å². The van der Waals surface area contributed by atoms with E-state index < -0.39 is 0 Å². The fraction of sp³-hybridized carbons (Fsp3) is 0.125. The second kappa shape index (κ2) is 5.69. The van der Waals surface area contributed by atoms with Crippen LogP contribution in [0.3, 0.4) is 0 Å². The lowest BCUT2D eigenvalue weighted by atomic mass is 10.2. The average Bonchev–Trinajstić information content (AvgIpc) is 2.93. The minimum Gasteiger partial charge on any atom is -0.444 e. The summed E-state index contributed by atoms with van der Waals surface area (Å²) in [5, 5.41) is 0. The zero-order valence-corrected chi connectivity index (χ0v) is 13.0. The minimum atomic E-state index is -0.00862. The Bertz CT molecular complexity index is 819. The molecule has 0 saturated heterocycles. The Morgan fingerprint density at radius 1 is 1.24 bits per heavy atom. The van der Waals surface area contributed by atoms with Gasteiger partial charge in [-0.3, -0.25) is 4.79 Å². The van der Waals surface area contributed by atoms with Gasteiger partial charge in [-0.05, 0) is 37.3 Å². The van der Waals surface area contributed by atoms with Crippen LogP contribution in [-0.4, -0.2) is 9.55 Å². The summed E-state index contributed by atoms with van der Waals surface area (Å²) in [6, 6.07) is 11.4. The highest BCUT2D eigenvalue weighted by molar-refractivity contribution is 9.10. The Labute approximate surface area is 130 Å². The first-order valence-electron chi connectivity index (χ1n) is 6.50. The molecule has 0 atom stereocenters. The first-order valence-corrected chi connectivity index (χ1v) is 7.29. The van der Waals surface area contributed by atoms with E-state index in [-0.39, 0.29) is 5.56 Å². The molecule has 2 heterocycles. The van der Waals surface area contributed by atoms with E-state index in [0.29, 0.717) is 18.0 Å². The molecule has 3 rings (SSSR count). The summed E-state index contributed by atoms with van der Waals surface area (Å²) < 4.78 is 8.12. The van der Waals surface area contributed by atoms with Gasteiger partial charge in [0.2, 0.25) is 5.89 Å². The number of aromatic nitrogens is 2. The summed E-state index contributed by atoms with van der Waals surface area (Å²) in [4.78, 5) is 16.4. The summed E-state index contributed by atoms with van der Waals surface area (Å²) in [5.74, 6) is 0.554. The molecule has 0 fully saturated rings. The van der Waals surface area contributed by atoms with Crippen molar-refractivity contribution in [3.8, 4) is 11.5 Å². The molecule has 0 spiro atoms. The van der Waals surface area contributed by atoms with Gasteiger partial charge >= 0.3 is 0 Å².